The summed E-state index contributed by atoms with van der Waals surface area (Å²) in [4.78, 5) is 14.9. The van der Waals surface area contributed by atoms with E-state index in [4.69, 9.17) is 0 Å². The van der Waals surface area contributed by atoms with E-state index in [9.17, 15) is 18.5 Å². The lowest BCUT2D eigenvalue weighted by Crippen LogP contribution is -2.39. The van der Waals surface area contributed by atoms with Crippen molar-refractivity contribution in [2.24, 2.45) is 4.99 Å². The van der Waals surface area contributed by atoms with Gasteiger partial charge in [-0.3, -0.25) is 15.1 Å². The van der Waals surface area contributed by atoms with Crippen molar-refractivity contribution in [2.45, 2.75) is 31.6 Å². The average Bonchev–Trinajstić information content (AvgIpc) is 2.57. The molecule has 0 amide bonds. The Balaban J connectivity index is 0.00000676. The first kappa shape index (κ1) is 25.4. The molecule has 0 atom stereocenters. The van der Waals surface area contributed by atoms with E-state index in [1.165, 1.54) is 12.1 Å². The Labute approximate surface area is 177 Å². The molecule has 0 fully saturated rings. The van der Waals surface area contributed by atoms with Gasteiger partial charge in [-0.1, -0.05) is 13.3 Å². The Morgan fingerprint density at radius 2 is 1.93 bits per heavy atom. The zero-order valence-corrected chi connectivity index (χ0v) is 19.0. The number of benzene rings is 1. The first-order chi connectivity index (χ1) is 12.3. The Hall–Kier alpha value is -1.63. The molecule has 0 aliphatic carbocycles. The molecule has 1 aromatic rings. The van der Waals surface area contributed by atoms with Crippen LogP contribution in [0.1, 0.15) is 26.7 Å². The SMILES string of the molecule is CCCCN=C(NCC)NCCNc1ccc(S(C)(=O)=O)cc1[N+](=O)[O-].I. The van der Waals surface area contributed by atoms with Crippen LogP contribution in [0.2, 0.25) is 0 Å². The number of aliphatic imine (C=N–C) groups is 1. The molecule has 0 saturated carbocycles. The monoisotopic (exact) mass is 513 g/mol. The highest BCUT2D eigenvalue weighted by Gasteiger charge is 2.18. The third-order valence-electron chi connectivity index (χ3n) is 3.45. The van der Waals surface area contributed by atoms with Gasteiger partial charge in [-0.2, -0.15) is 0 Å². The van der Waals surface area contributed by atoms with Crippen LogP contribution < -0.4 is 16.0 Å². The predicted octanol–water partition coefficient (Wildman–Crippen LogP) is 2.38. The molecule has 0 aromatic heterocycles. The largest absolute Gasteiger partial charge is 0.378 e. The summed E-state index contributed by atoms with van der Waals surface area (Å²) in [5.74, 6) is 0.699. The van der Waals surface area contributed by atoms with Gasteiger partial charge in [0.25, 0.3) is 5.69 Å². The zero-order chi connectivity index (χ0) is 19.6. The molecule has 0 heterocycles. The van der Waals surface area contributed by atoms with Crippen molar-refractivity contribution >= 4 is 51.1 Å². The zero-order valence-electron chi connectivity index (χ0n) is 15.8. The second-order valence-electron chi connectivity index (χ2n) is 5.68. The van der Waals surface area contributed by atoms with Crippen LogP contribution in [-0.4, -0.2) is 51.7 Å². The number of sulfone groups is 1. The predicted molar refractivity (Wildman–Crippen MR) is 119 cm³/mol. The molecule has 0 spiro atoms. The normalized spacial score (nSPS) is 11.4. The van der Waals surface area contributed by atoms with Crippen molar-refractivity contribution in [3.8, 4) is 0 Å². The molecular weight excluding hydrogens is 485 g/mol. The van der Waals surface area contributed by atoms with E-state index in [0.717, 1.165) is 38.3 Å². The van der Waals surface area contributed by atoms with Gasteiger partial charge in [0.2, 0.25) is 0 Å². The maximum absolute atomic E-state index is 11.6. The minimum Gasteiger partial charge on any atom is -0.378 e. The third kappa shape index (κ3) is 9.22. The summed E-state index contributed by atoms with van der Waals surface area (Å²) in [7, 11) is -3.50. The number of halogens is 1. The number of anilines is 1. The van der Waals surface area contributed by atoms with E-state index in [-0.39, 0.29) is 40.2 Å². The van der Waals surface area contributed by atoms with Crippen LogP contribution in [0.15, 0.2) is 28.1 Å². The van der Waals surface area contributed by atoms with Gasteiger partial charge in [-0.25, -0.2) is 8.42 Å². The molecule has 0 radical (unpaired) electrons. The van der Waals surface area contributed by atoms with Crippen LogP contribution in [0.25, 0.3) is 0 Å². The number of nitrogens with one attached hydrogen (secondary N) is 3. The van der Waals surface area contributed by atoms with Crippen LogP contribution in [0.3, 0.4) is 0 Å². The van der Waals surface area contributed by atoms with Gasteiger partial charge in [-0.05, 0) is 25.5 Å². The molecule has 0 aliphatic heterocycles. The number of hydrogen-bond acceptors (Lipinski definition) is 6. The van der Waals surface area contributed by atoms with Gasteiger partial charge < -0.3 is 16.0 Å². The van der Waals surface area contributed by atoms with Gasteiger partial charge in [0.15, 0.2) is 15.8 Å². The van der Waals surface area contributed by atoms with Crippen LogP contribution in [0.5, 0.6) is 0 Å². The number of hydrogen-bond donors (Lipinski definition) is 3. The average molecular weight is 513 g/mol. The minimum atomic E-state index is -3.50. The Kier molecular flexibility index (Phi) is 11.9. The summed E-state index contributed by atoms with van der Waals surface area (Å²) >= 11 is 0. The quantitative estimate of drug-likeness (QED) is 0.110. The van der Waals surface area contributed by atoms with Crippen LogP contribution in [0.4, 0.5) is 11.4 Å². The lowest BCUT2D eigenvalue weighted by Gasteiger charge is -2.12. The smallest absolute Gasteiger partial charge is 0.293 e. The summed E-state index contributed by atoms with van der Waals surface area (Å²) in [5.41, 5.74) is 0.00793. The molecule has 9 nitrogen and oxygen atoms in total. The summed E-state index contributed by atoms with van der Waals surface area (Å²) < 4.78 is 23.1. The first-order valence-electron chi connectivity index (χ1n) is 8.54. The molecule has 11 heteroatoms. The van der Waals surface area contributed by atoms with Crippen molar-refractivity contribution in [1.82, 2.24) is 10.6 Å². The van der Waals surface area contributed by atoms with E-state index >= 15 is 0 Å². The number of unbranched alkanes of at least 4 members (excludes halogenated alkanes) is 1. The number of nitro groups is 1. The van der Waals surface area contributed by atoms with Gasteiger partial charge in [0.05, 0.1) is 9.82 Å². The van der Waals surface area contributed by atoms with Crippen molar-refractivity contribution in [3.63, 3.8) is 0 Å². The van der Waals surface area contributed by atoms with E-state index in [1.807, 2.05) is 6.92 Å². The maximum Gasteiger partial charge on any atom is 0.293 e. The minimum absolute atomic E-state index is 0. The molecule has 3 N–H and O–H groups in total. The highest BCUT2D eigenvalue weighted by molar-refractivity contribution is 14.0. The number of rotatable bonds is 10. The number of nitrogens with zero attached hydrogens (tertiary/aromatic N) is 2. The molecule has 154 valence electrons. The van der Waals surface area contributed by atoms with Crippen LogP contribution in [-0.2, 0) is 9.84 Å². The fourth-order valence-corrected chi connectivity index (χ4v) is 2.75. The second-order valence-corrected chi connectivity index (χ2v) is 7.69. The molecule has 0 aliphatic rings. The van der Waals surface area contributed by atoms with E-state index in [0.29, 0.717) is 19.0 Å². The highest BCUT2D eigenvalue weighted by Crippen LogP contribution is 2.27. The maximum atomic E-state index is 11.6. The molecule has 0 unspecified atom stereocenters. The van der Waals surface area contributed by atoms with E-state index in [2.05, 4.69) is 27.9 Å². The van der Waals surface area contributed by atoms with Gasteiger partial charge in [0, 0.05) is 38.5 Å². The molecule has 0 saturated heterocycles. The number of nitro benzene ring substituents is 1. The second kappa shape index (κ2) is 12.7. The topological polar surface area (TPSA) is 126 Å². The van der Waals surface area contributed by atoms with E-state index < -0.39 is 14.8 Å². The summed E-state index contributed by atoms with van der Waals surface area (Å²) in [6.45, 7) is 6.46. The lowest BCUT2D eigenvalue weighted by molar-refractivity contribution is -0.384. The van der Waals surface area contributed by atoms with Crippen LogP contribution in [0, 0.1) is 10.1 Å². The standard InChI is InChI=1S/C16H27N5O4S.HI/c1-4-6-9-19-16(17-5-2)20-11-10-18-14-8-7-13(26(3,24)25)12-15(14)21(22)23;/h7-8,12,18H,4-6,9-11H2,1-3H3,(H2,17,19,20);1H. The van der Waals surface area contributed by atoms with Crippen LogP contribution >= 0.6 is 24.0 Å². The Bertz CT molecular complexity index is 740. The molecular formula is C16H28IN5O4S. The molecule has 27 heavy (non-hydrogen) atoms. The van der Waals surface area contributed by atoms with Crippen molar-refractivity contribution in [2.75, 3.05) is 37.8 Å². The fraction of sp³-hybridized carbons (Fsp3) is 0.562. The van der Waals surface area contributed by atoms with Gasteiger partial charge in [0.1, 0.15) is 5.69 Å². The van der Waals surface area contributed by atoms with Gasteiger partial charge in [-0.15, -0.1) is 24.0 Å². The summed E-state index contributed by atoms with van der Waals surface area (Å²) in [6, 6.07) is 3.84. The van der Waals surface area contributed by atoms with E-state index in [1.54, 1.807) is 0 Å². The molecule has 0 bridgehead atoms. The Morgan fingerprint density at radius 3 is 2.48 bits per heavy atom. The fourth-order valence-electron chi connectivity index (χ4n) is 2.11. The summed E-state index contributed by atoms with van der Waals surface area (Å²) in [6.07, 6.45) is 3.09. The van der Waals surface area contributed by atoms with Crippen molar-refractivity contribution in [1.29, 1.82) is 0 Å². The lowest BCUT2D eigenvalue weighted by atomic mass is 10.2. The van der Waals surface area contributed by atoms with Gasteiger partial charge >= 0.3 is 0 Å². The first-order valence-corrected chi connectivity index (χ1v) is 10.4. The highest BCUT2D eigenvalue weighted by atomic mass is 127. The Morgan fingerprint density at radius 1 is 1.22 bits per heavy atom. The molecule has 1 rings (SSSR count). The number of guanidine groups is 1. The molecule has 1 aromatic carbocycles. The van der Waals surface area contributed by atoms with Crippen molar-refractivity contribution in [3.05, 3.63) is 28.3 Å². The third-order valence-corrected chi connectivity index (χ3v) is 4.56. The van der Waals surface area contributed by atoms with Crippen molar-refractivity contribution < 1.29 is 13.3 Å². The summed E-state index contributed by atoms with van der Waals surface area (Å²) in [5, 5.41) is 20.4.